The van der Waals surface area contributed by atoms with Gasteiger partial charge in [0, 0.05) is 26.3 Å². The van der Waals surface area contributed by atoms with Crippen molar-refractivity contribution in [3.63, 3.8) is 0 Å². The molecule has 1 amide bonds. The first-order valence-corrected chi connectivity index (χ1v) is 6.58. The second kappa shape index (κ2) is 6.53. The van der Waals surface area contributed by atoms with Crippen LogP contribution in [0.3, 0.4) is 0 Å². The molecule has 110 valence electrons. The topological polar surface area (TPSA) is 81.6 Å². The first-order chi connectivity index (χ1) is 9.61. The number of esters is 1. The third-order valence-electron chi connectivity index (χ3n) is 2.98. The van der Waals surface area contributed by atoms with E-state index in [1.54, 1.807) is 30.8 Å². The van der Waals surface area contributed by atoms with E-state index in [9.17, 15) is 9.59 Å². The number of anilines is 1. The Morgan fingerprint density at radius 2 is 2.40 bits per heavy atom. The molecule has 1 saturated heterocycles. The standard InChI is InChI=1S/C13H19N3O4/c1-3-19-13(18)10-6-9(8-16(10)2)15-12(17)11-7-14-4-5-20-11/h6,8,11,14H,3-5,7H2,1-2H3,(H,15,17). The summed E-state index contributed by atoms with van der Waals surface area (Å²) >= 11 is 0. The number of amides is 1. The molecule has 1 aliphatic heterocycles. The van der Waals surface area contributed by atoms with Crippen molar-refractivity contribution in [2.45, 2.75) is 13.0 Å². The van der Waals surface area contributed by atoms with Crippen molar-refractivity contribution in [1.82, 2.24) is 9.88 Å². The number of aromatic nitrogens is 1. The molecule has 0 bridgehead atoms. The number of carbonyl (C=O) groups is 2. The molecule has 0 aromatic carbocycles. The Labute approximate surface area is 117 Å². The van der Waals surface area contributed by atoms with Gasteiger partial charge in [-0.15, -0.1) is 0 Å². The van der Waals surface area contributed by atoms with Crippen LogP contribution in [-0.4, -0.2) is 48.9 Å². The predicted octanol–water partition coefficient (Wildman–Crippen LogP) is 0.129. The predicted molar refractivity (Wildman–Crippen MR) is 72.6 cm³/mol. The van der Waals surface area contributed by atoms with E-state index >= 15 is 0 Å². The maximum absolute atomic E-state index is 12.0. The number of nitrogens with one attached hydrogen (secondary N) is 2. The van der Waals surface area contributed by atoms with E-state index < -0.39 is 12.1 Å². The number of hydrogen-bond donors (Lipinski definition) is 2. The monoisotopic (exact) mass is 281 g/mol. The fraction of sp³-hybridized carbons (Fsp3) is 0.538. The lowest BCUT2D eigenvalue weighted by Gasteiger charge is -2.22. The molecule has 1 aromatic heterocycles. The second-order valence-electron chi connectivity index (χ2n) is 4.50. The zero-order chi connectivity index (χ0) is 14.5. The molecule has 0 spiro atoms. The smallest absolute Gasteiger partial charge is 0.355 e. The van der Waals surface area contributed by atoms with Crippen LogP contribution in [0, 0.1) is 0 Å². The van der Waals surface area contributed by atoms with Crippen LogP contribution in [0.15, 0.2) is 12.3 Å². The van der Waals surface area contributed by atoms with Crippen molar-refractivity contribution in [2.24, 2.45) is 7.05 Å². The highest BCUT2D eigenvalue weighted by atomic mass is 16.5. The summed E-state index contributed by atoms with van der Waals surface area (Å²) in [4.78, 5) is 23.7. The molecule has 2 N–H and O–H groups in total. The first-order valence-electron chi connectivity index (χ1n) is 6.58. The zero-order valence-electron chi connectivity index (χ0n) is 11.6. The molecule has 1 aromatic rings. The Morgan fingerprint density at radius 3 is 3.05 bits per heavy atom. The van der Waals surface area contributed by atoms with E-state index in [1.807, 2.05) is 0 Å². The molecule has 1 fully saturated rings. The van der Waals surface area contributed by atoms with E-state index in [2.05, 4.69) is 10.6 Å². The minimum atomic E-state index is -0.505. The van der Waals surface area contributed by atoms with Crippen molar-refractivity contribution < 1.29 is 19.1 Å². The first kappa shape index (κ1) is 14.5. The molecule has 0 saturated carbocycles. The molecule has 1 aliphatic rings. The molecular formula is C13H19N3O4. The Balaban J connectivity index is 2.01. The van der Waals surface area contributed by atoms with Crippen LogP contribution in [0.2, 0.25) is 0 Å². The van der Waals surface area contributed by atoms with Crippen LogP contribution in [0.1, 0.15) is 17.4 Å². The summed E-state index contributed by atoms with van der Waals surface area (Å²) in [7, 11) is 1.72. The highest BCUT2D eigenvalue weighted by molar-refractivity contribution is 5.96. The average molecular weight is 281 g/mol. The van der Waals surface area contributed by atoms with E-state index in [0.29, 0.717) is 31.1 Å². The Kier molecular flexibility index (Phi) is 4.75. The normalized spacial score (nSPS) is 18.6. The van der Waals surface area contributed by atoms with Gasteiger partial charge in [0.2, 0.25) is 0 Å². The minimum Gasteiger partial charge on any atom is -0.461 e. The van der Waals surface area contributed by atoms with E-state index in [-0.39, 0.29) is 5.91 Å². The largest absolute Gasteiger partial charge is 0.461 e. The molecule has 0 radical (unpaired) electrons. The van der Waals surface area contributed by atoms with Crippen molar-refractivity contribution >= 4 is 17.6 Å². The van der Waals surface area contributed by atoms with Gasteiger partial charge in [-0.3, -0.25) is 4.79 Å². The maximum Gasteiger partial charge on any atom is 0.355 e. The molecule has 2 heterocycles. The molecule has 1 atom stereocenters. The molecule has 7 heteroatoms. The number of aryl methyl sites for hydroxylation is 1. The minimum absolute atomic E-state index is 0.224. The van der Waals surface area contributed by atoms with E-state index in [0.717, 1.165) is 6.54 Å². The molecule has 7 nitrogen and oxygen atoms in total. The van der Waals surface area contributed by atoms with Gasteiger partial charge in [-0.25, -0.2) is 4.79 Å². The number of rotatable bonds is 4. The third-order valence-corrected chi connectivity index (χ3v) is 2.98. The van der Waals surface area contributed by atoms with Gasteiger partial charge in [0.25, 0.3) is 5.91 Å². The SMILES string of the molecule is CCOC(=O)c1cc(NC(=O)C2CNCCO2)cn1C. The zero-order valence-corrected chi connectivity index (χ0v) is 11.6. The summed E-state index contributed by atoms with van der Waals surface area (Å²) in [5, 5.41) is 5.83. The van der Waals surface area contributed by atoms with Crippen LogP contribution in [0.4, 0.5) is 5.69 Å². The van der Waals surface area contributed by atoms with Gasteiger partial charge in [0.15, 0.2) is 0 Å². The molecule has 2 rings (SSSR count). The van der Waals surface area contributed by atoms with E-state index in [4.69, 9.17) is 9.47 Å². The van der Waals surface area contributed by atoms with Gasteiger partial charge in [-0.05, 0) is 13.0 Å². The van der Waals surface area contributed by atoms with E-state index in [1.165, 1.54) is 0 Å². The van der Waals surface area contributed by atoms with Gasteiger partial charge in [0.1, 0.15) is 11.8 Å². The maximum atomic E-state index is 12.0. The lowest BCUT2D eigenvalue weighted by atomic mass is 10.3. The van der Waals surface area contributed by atoms with Crippen LogP contribution in [0.5, 0.6) is 0 Å². The van der Waals surface area contributed by atoms with Gasteiger partial charge >= 0.3 is 5.97 Å². The van der Waals surface area contributed by atoms with Crippen LogP contribution in [-0.2, 0) is 21.3 Å². The van der Waals surface area contributed by atoms with Crippen molar-refractivity contribution in [1.29, 1.82) is 0 Å². The van der Waals surface area contributed by atoms with Crippen LogP contribution in [0.25, 0.3) is 0 Å². The van der Waals surface area contributed by atoms with Crippen molar-refractivity contribution in [3.8, 4) is 0 Å². The second-order valence-corrected chi connectivity index (χ2v) is 4.50. The van der Waals surface area contributed by atoms with Gasteiger partial charge < -0.3 is 24.7 Å². The molecule has 0 aliphatic carbocycles. The number of morpholine rings is 1. The van der Waals surface area contributed by atoms with Crippen LogP contribution >= 0.6 is 0 Å². The lowest BCUT2D eigenvalue weighted by molar-refractivity contribution is -0.128. The summed E-state index contributed by atoms with van der Waals surface area (Å²) < 4.78 is 11.9. The highest BCUT2D eigenvalue weighted by Gasteiger charge is 2.22. The molecule has 1 unspecified atom stereocenters. The average Bonchev–Trinajstić information content (AvgIpc) is 2.81. The summed E-state index contributed by atoms with van der Waals surface area (Å²) in [6.45, 7) is 3.82. The fourth-order valence-corrected chi connectivity index (χ4v) is 2.00. The van der Waals surface area contributed by atoms with Gasteiger partial charge in [0.05, 0.1) is 18.9 Å². The number of ether oxygens (including phenoxy) is 2. The quantitative estimate of drug-likeness (QED) is 0.767. The number of carbonyl (C=O) groups excluding carboxylic acids is 2. The molecule has 20 heavy (non-hydrogen) atoms. The Morgan fingerprint density at radius 1 is 1.60 bits per heavy atom. The summed E-state index contributed by atoms with van der Waals surface area (Å²) in [5.74, 6) is -0.635. The number of nitrogens with zero attached hydrogens (tertiary/aromatic N) is 1. The number of hydrogen-bond acceptors (Lipinski definition) is 5. The van der Waals surface area contributed by atoms with Crippen molar-refractivity contribution in [3.05, 3.63) is 18.0 Å². The van der Waals surface area contributed by atoms with Crippen molar-refractivity contribution in [2.75, 3.05) is 31.6 Å². The highest BCUT2D eigenvalue weighted by Crippen LogP contribution is 2.14. The Bertz CT molecular complexity index is 492. The lowest BCUT2D eigenvalue weighted by Crippen LogP contribution is -2.45. The van der Waals surface area contributed by atoms with Crippen LogP contribution < -0.4 is 10.6 Å². The third kappa shape index (κ3) is 3.37. The Hall–Kier alpha value is -1.86. The molecular weight excluding hydrogens is 262 g/mol. The summed E-state index contributed by atoms with van der Waals surface area (Å²) in [5.41, 5.74) is 0.944. The fourth-order valence-electron chi connectivity index (χ4n) is 2.00. The van der Waals surface area contributed by atoms with Gasteiger partial charge in [-0.1, -0.05) is 0 Å². The van der Waals surface area contributed by atoms with Gasteiger partial charge in [-0.2, -0.15) is 0 Å². The summed E-state index contributed by atoms with van der Waals surface area (Å²) in [6.07, 6.45) is 1.16. The summed E-state index contributed by atoms with van der Waals surface area (Å²) in [6, 6.07) is 1.59.